The standard InChI is InChI=1S/C12H12F4O/c1-2-3-7-10(17)8-5-4-6-9(11(8)13)12(14,15)16/h2,4-6,10,17H,1,3,7H2. The Balaban J connectivity index is 3.06. The minimum absolute atomic E-state index is 0.141. The van der Waals surface area contributed by atoms with Crippen molar-refractivity contribution in [3.63, 3.8) is 0 Å². The Labute approximate surface area is 96.4 Å². The number of aliphatic hydroxyl groups is 1. The van der Waals surface area contributed by atoms with Crippen molar-refractivity contribution in [3.05, 3.63) is 47.8 Å². The summed E-state index contributed by atoms with van der Waals surface area (Å²) in [4.78, 5) is 0. The van der Waals surface area contributed by atoms with Crippen LogP contribution < -0.4 is 0 Å². The fourth-order valence-electron chi connectivity index (χ4n) is 1.46. The Morgan fingerprint density at radius 2 is 2.00 bits per heavy atom. The molecule has 1 rings (SSSR count). The van der Waals surface area contributed by atoms with Crippen LogP contribution in [0.15, 0.2) is 30.9 Å². The third kappa shape index (κ3) is 3.30. The Morgan fingerprint density at radius 1 is 1.35 bits per heavy atom. The summed E-state index contributed by atoms with van der Waals surface area (Å²) in [6, 6.07) is 2.88. The van der Waals surface area contributed by atoms with Crippen molar-refractivity contribution in [1.82, 2.24) is 0 Å². The Morgan fingerprint density at radius 3 is 2.53 bits per heavy atom. The minimum atomic E-state index is -4.75. The molecule has 0 bridgehead atoms. The molecule has 0 radical (unpaired) electrons. The monoisotopic (exact) mass is 248 g/mol. The van der Waals surface area contributed by atoms with Gasteiger partial charge in [-0.05, 0) is 18.9 Å². The lowest BCUT2D eigenvalue weighted by atomic mass is 10.0. The average Bonchev–Trinajstić information content (AvgIpc) is 2.24. The van der Waals surface area contributed by atoms with Crippen LogP contribution in [0.5, 0.6) is 0 Å². The number of benzene rings is 1. The molecule has 0 saturated heterocycles. The molecule has 0 aliphatic heterocycles. The van der Waals surface area contributed by atoms with Crippen LogP contribution in [-0.4, -0.2) is 5.11 Å². The van der Waals surface area contributed by atoms with Crippen LogP contribution in [0.4, 0.5) is 17.6 Å². The molecule has 0 spiro atoms. The lowest BCUT2D eigenvalue weighted by Crippen LogP contribution is -2.11. The van der Waals surface area contributed by atoms with Gasteiger partial charge in [-0.2, -0.15) is 13.2 Å². The first-order valence-electron chi connectivity index (χ1n) is 5.02. The number of hydrogen-bond donors (Lipinski definition) is 1. The Hall–Kier alpha value is -1.36. The van der Waals surface area contributed by atoms with E-state index in [9.17, 15) is 22.7 Å². The summed E-state index contributed by atoms with van der Waals surface area (Å²) in [6.45, 7) is 3.42. The number of allylic oxidation sites excluding steroid dienone is 1. The van der Waals surface area contributed by atoms with E-state index in [0.29, 0.717) is 12.5 Å². The van der Waals surface area contributed by atoms with E-state index in [2.05, 4.69) is 6.58 Å². The third-order valence-electron chi connectivity index (χ3n) is 2.34. The maximum atomic E-state index is 13.5. The molecule has 1 aromatic carbocycles. The normalized spacial score (nSPS) is 13.5. The summed E-state index contributed by atoms with van der Waals surface area (Å²) < 4.78 is 50.8. The quantitative estimate of drug-likeness (QED) is 0.634. The highest BCUT2D eigenvalue weighted by molar-refractivity contribution is 5.29. The molecule has 1 atom stereocenters. The van der Waals surface area contributed by atoms with Gasteiger partial charge in [0.1, 0.15) is 5.82 Å². The lowest BCUT2D eigenvalue weighted by Gasteiger charge is -2.14. The average molecular weight is 248 g/mol. The first-order valence-corrected chi connectivity index (χ1v) is 5.02. The molecule has 1 aromatic rings. The summed E-state index contributed by atoms with van der Waals surface area (Å²) in [5, 5.41) is 9.57. The van der Waals surface area contributed by atoms with Crippen LogP contribution in [0.3, 0.4) is 0 Å². The fourth-order valence-corrected chi connectivity index (χ4v) is 1.46. The summed E-state index contributed by atoms with van der Waals surface area (Å²) >= 11 is 0. The van der Waals surface area contributed by atoms with E-state index >= 15 is 0 Å². The topological polar surface area (TPSA) is 20.2 Å². The number of hydrogen-bond acceptors (Lipinski definition) is 1. The molecule has 1 N–H and O–H groups in total. The van der Waals surface area contributed by atoms with Gasteiger partial charge in [-0.25, -0.2) is 4.39 Å². The molecular weight excluding hydrogens is 236 g/mol. The van der Waals surface area contributed by atoms with Gasteiger partial charge in [0, 0.05) is 5.56 Å². The predicted octanol–water partition coefficient (Wildman–Crippen LogP) is 3.84. The highest BCUT2D eigenvalue weighted by Crippen LogP contribution is 2.34. The first-order chi connectivity index (χ1) is 7.88. The van der Waals surface area contributed by atoms with Crippen molar-refractivity contribution in [2.45, 2.75) is 25.1 Å². The van der Waals surface area contributed by atoms with Gasteiger partial charge in [-0.1, -0.05) is 18.2 Å². The van der Waals surface area contributed by atoms with Gasteiger partial charge in [0.05, 0.1) is 11.7 Å². The zero-order chi connectivity index (χ0) is 13.1. The fraction of sp³-hybridized carbons (Fsp3) is 0.333. The molecule has 0 aromatic heterocycles. The molecular formula is C12H12F4O. The van der Waals surface area contributed by atoms with Crippen LogP contribution in [0.2, 0.25) is 0 Å². The second kappa shape index (κ2) is 5.31. The number of alkyl halides is 3. The molecule has 94 valence electrons. The van der Waals surface area contributed by atoms with E-state index in [-0.39, 0.29) is 12.0 Å². The van der Waals surface area contributed by atoms with E-state index < -0.39 is 23.7 Å². The molecule has 0 saturated carbocycles. The van der Waals surface area contributed by atoms with Crippen molar-refractivity contribution in [1.29, 1.82) is 0 Å². The van der Waals surface area contributed by atoms with E-state index in [1.54, 1.807) is 0 Å². The number of halogens is 4. The van der Waals surface area contributed by atoms with E-state index in [0.717, 1.165) is 12.1 Å². The van der Waals surface area contributed by atoms with Crippen molar-refractivity contribution < 1.29 is 22.7 Å². The van der Waals surface area contributed by atoms with Crippen LogP contribution >= 0.6 is 0 Å². The van der Waals surface area contributed by atoms with Crippen molar-refractivity contribution in [2.24, 2.45) is 0 Å². The molecule has 1 nitrogen and oxygen atoms in total. The van der Waals surface area contributed by atoms with Gasteiger partial charge in [-0.3, -0.25) is 0 Å². The van der Waals surface area contributed by atoms with Gasteiger partial charge in [0.15, 0.2) is 0 Å². The van der Waals surface area contributed by atoms with Crippen molar-refractivity contribution in [2.75, 3.05) is 0 Å². The highest BCUT2D eigenvalue weighted by Gasteiger charge is 2.35. The van der Waals surface area contributed by atoms with Gasteiger partial charge >= 0.3 is 6.18 Å². The largest absolute Gasteiger partial charge is 0.419 e. The summed E-state index contributed by atoms with van der Waals surface area (Å²) in [7, 11) is 0. The molecule has 1 unspecified atom stereocenters. The SMILES string of the molecule is C=CCCC(O)c1cccc(C(F)(F)F)c1F. The zero-order valence-corrected chi connectivity index (χ0v) is 8.97. The summed E-state index contributed by atoms with van der Waals surface area (Å²) in [6.07, 6.45) is -3.96. The van der Waals surface area contributed by atoms with Gasteiger partial charge in [0.25, 0.3) is 0 Å². The molecule has 17 heavy (non-hydrogen) atoms. The Bertz CT molecular complexity index is 398. The van der Waals surface area contributed by atoms with Gasteiger partial charge in [0.2, 0.25) is 0 Å². The molecule has 0 aliphatic rings. The van der Waals surface area contributed by atoms with Crippen LogP contribution in [-0.2, 0) is 6.18 Å². The predicted molar refractivity (Wildman–Crippen MR) is 55.8 cm³/mol. The van der Waals surface area contributed by atoms with E-state index in [1.165, 1.54) is 6.08 Å². The highest BCUT2D eigenvalue weighted by atomic mass is 19.4. The second-order valence-electron chi connectivity index (χ2n) is 3.59. The third-order valence-corrected chi connectivity index (χ3v) is 2.34. The van der Waals surface area contributed by atoms with Crippen molar-refractivity contribution in [3.8, 4) is 0 Å². The molecule has 0 amide bonds. The van der Waals surface area contributed by atoms with Crippen LogP contribution in [0.25, 0.3) is 0 Å². The molecule has 0 fully saturated rings. The van der Waals surface area contributed by atoms with E-state index in [1.807, 2.05) is 0 Å². The first kappa shape index (κ1) is 13.7. The minimum Gasteiger partial charge on any atom is -0.388 e. The lowest BCUT2D eigenvalue weighted by molar-refractivity contribution is -0.140. The van der Waals surface area contributed by atoms with Crippen LogP contribution in [0.1, 0.15) is 30.1 Å². The summed E-state index contributed by atoms with van der Waals surface area (Å²) in [5.74, 6) is -1.41. The maximum Gasteiger partial charge on any atom is 0.419 e. The van der Waals surface area contributed by atoms with E-state index in [4.69, 9.17) is 0 Å². The van der Waals surface area contributed by atoms with Gasteiger partial charge < -0.3 is 5.11 Å². The smallest absolute Gasteiger partial charge is 0.388 e. The number of aliphatic hydroxyl groups excluding tert-OH is 1. The summed E-state index contributed by atoms with van der Waals surface area (Å²) in [5.41, 5.74) is -1.69. The Kier molecular flexibility index (Phi) is 4.28. The zero-order valence-electron chi connectivity index (χ0n) is 8.97. The second-order valence-corrected chi connectivity index (χ2v) is 3.59. The maximum absolute atomic E-state index is 13.5. The molecule has 0 aliphatic carbocycles. The number of rotatable bonds is 4. The van der Waals surface area contributed by atoms with Crippen molar-refractivity contribution >= 4 is 0 Å². The van der Waals surface area contributed by atoms with Gasteiger partial charge in [-0.15, -0.1) is 6.58 Å². The molecule has 0 heterocycles. The van der Waals surface area contributed by atoms with Crippen LogP contribution in [0, 0.1) is 5.82 Å². The molecule has 5 heteroatoms.